The molecule has 1 N–H and O–H groups in total. The Hall–Kier alpha value is -0.380. The smallest absolute Gasteiger partial charge is 0.0952 e. The molecule has 2 nitrogen and oxygen atoms in total. The van der Waals surface area contributed by atoms with E-state index in [2.05, 4.69) is 66.3 Å². The Morgan fingerprint density at radius 1 is 1.24 bits per heavy atom. The number of nitrogens with one attached hydrogen (secondary N) is 1. The average Bonchev–Trinajstić information content (AvgIpc) is 2.35. The summed E-state index contributed by atoms with van der Waals surface area (Å²) in [6.45, 7) is 8.22. The van der Waals surface area contributed by atoms with Crippen molar-refractivity contribution >= 4 is 15.9 Å². The average molecular weight is 300 g/mol. The molecule has 0 aliphatic heterocycles. The van der Waals surface area contributed by atoms with Gasteiger partial charge in [-0.1, -0.05) is 41.9 Å². The van der Waals surface area contributed by atoms with Crippen molar-refractivity contribution < 1.29 is 4.74 Å². The SMILES string of the molecule is CCNCC(OC(C)CC)c1ccc(Br)cc1. The van der Waals surface area contributed by atoms with Crippen LogP contribution in [0.15, 0.2) is 28.7 Å². The summed E-state index contributed by atoms with van der Waals surface area (Å²) in [4.78, 5) is 0. The van der Waals surface area contributed by atoms with Crippen molar-refractivity contribution in [1.82, 2.24) is 5.32 Å². The third-order valence-electron chi connectivity index (χ3n) is 2.79. The van der Waals surface area contributed by atoms with Crippen LogP contribution in [0, 0.1) is 0 Å². The molecule has 0 bridgehead atoms. The number of ether oxygens (including phenoxy) is 1. The lowest BCUT2D eigenvalue weighted by Gasteiger charge is -2.22. The van der Waals surface area contributed by atoms with Crippen molar-refractivity contribution in [1.29, 1.82) is 0 Å². The van der Waals surface area contributed by atoms with E-state index in [0.29, 0.717) is 6.10 Å². The molecule has 96 valence electrons. The maximum atomic E-state index is 6.05. The van der Waals surface area contributed by atoms with Gasteiger partial charge in [-0.15, -0.1) is 0 Å². The van der Waals surface area contributed by atoms with Crippen LogP contribution in [0.3, 0.4) is 0 Å². The zero-order valence-electron chi connectivity index (χ0n) is 10.9. The first-order chi connectivity index (χ1) is 8.17. The topological polar surface area (TPSA) is 21.3 Å². The highest BCUT2D eigenvalue weighted by atomic mass is 79.9. The van der Waals surface area contributed by atoms with E-state index in [1.165, 1.54) is 5.56 Å². The molecular formula is C14H22BrNO. The van der Waals surface area contributed by atoms with Crippen molar-refractivity contribution in [3.63, 3.8) is 0 Å². The molecule has 1 aromatic rings. The molecular weight excluding hydrogens is 278 g/mol. The number of hydrogen-bond acceptors (Lipinski definition) is 2. The van der Waals surface area contributed by atoms with E-state index >= 15 is 0 Å². The van der Waals surface area contributed by atoms with Crippen LogP contribution in [0.2, 0.25) is 0 Å². The second-order valence-corrected chi connectivity index (χ2v) is 5.12. The van der Waals surface area contributed by atoms with Gasteiger partial charge in [0, 0.05) is 11.0 Å². The molecule has 0 amide bonds. The summed E-state index contributed by atoms with van der Waals surface area (Å²) >= 11 is 3.46. The molecule has 1 rings (SSSR count). The summed E-state index contributed by atoms with van der Waals surface area (Å²) in [5.41, 5.74) is 1.23. The molecule has 0 heterocycles. The predicted octanol–water partition coefficient (Wildman–Crippen LogP) is 3.91. The third-order valence-corrected chi connectivity index (χ3v) is 3.32. The molecule has 2 unspecified atom stereocenters. The van der Waals surface area contributed by atoms with Crippen molar-refractivity contribution in [3.05, 3.63) is 34.3 Å². The number of halogens is 1. The van der Waals surface area contributed by atoms with Gasteiger partial charge in [0.05, 0.1) is 12.2 Å². The zero-order valence-corrected chi connectivity index (χ0v) is 12.5. The lowest BCUT2D eigenvalue weighted by atomic mass is 10.1. The number of likely N-dealkylation sites (N-methyl/N-ethyl adjacent to an activating group) is 1. The second-order valence-electron chi connectivity index (χ2n) is 4.20. The van der Waals surface area contributed by atoms with E-state index in [1.54, 1.807) is 0 Å². The largest absolute Gasteiger partial charge is 0.369 e. The fourth-order valence-electron chi connectivity index (χ4n) is 1.57. The van der Waals surface area contributed by atoms with Crippen LogP contribution < -0.4 is 5.32 Å². The summed E-state index contributed by atoms with van der Waals surface area (Å²) in [5.74, 6) is 0. The van der Waals surface area contributed by atoms with Crippen LogP contribution in [0.5, 0.6) is 0 Å². The zero-order chi connectivity index (χ0) is 12.7. The quantitative estimate of drug-likeness (QED) is 0.824. The molecule has 2 atom stereocenters. The van der Waals surface area contributed by atoms with Crippen LogP contribution >= 0.6 is 15.9 Å². The molecule has 0 fully saturated rings. The van der Waals surface area contributed by atoms with Gasteiger partial charge < -0.3 is 10.1 Å². The number of hydrogen-bond donors (Lipinski definition) is 1. The molecule has 17 heavy (non-hydrogen) atoms. The van der Waals surface area contributed by atoms with E-state index in [9.17, 15) is 0 Å². The second kappa shape index (κ2) is 7.85. The highest BCUT2D eigenvalue weighted by molar-refractivity contribution is 9.10. The Labute approximate surface area is 113 Å². The Balaban J connectivity index is 2.70. The molecule has 0 spiro atoms. The van der Waals surface area contributed by atoms with Crippen LogP contribution in [0.4, 0.5) is 0 Å². The maximum absolute atomic E-state index is 6.05. The Morgan fingerprint density at radius 3 is 2.41 bits per heavy atom. The number of rotatable bonds is 7. The van der Waals surface area contributed by atoms with Gasteiger partial charge in [0.2, 0.25) is 0 Å². The van der Waals surface area contributed by atoms with Crippen LogP contribution in [0.25, 0.3) is 0 Å². The number of benzene rings is 1. The first kappa shape index (κ1) is 14.7. The van der Waals surface area contributed by atoms with E-state index in [4.69, 9.17) is 4.74 Å². The summed E-state index contributed by atoms with van der Waals surface area (Å²) in [5, 5.41) is 3.35. The third kappa shape index (κ3) is 5.19. The van der Waals surface area contributed by atoms with Gasteiger partial charge in [-0.2, -0.15) is 0 Å². The summed E-state index contributed by atoms with van der Waals surface area (Å²) in [6, 6.07) is 8.37. The molecule has 0 aliphatic carbocycles. The monoisotopic (exact) mass is 299 g/mol. The van der Waals surface area contributed by atoms with Gasteiger partial charge >= 0.3 is 0 Å². The molecule has 3 heteroatoms. The molecule has 0 radical (unpaired) electrons. The van der Waals surface area contributed by atoms with Gasteiger partial charge in [-0.25, -0.2) is 0 Å². The minimum Gasteiger partial charge on any atom is -0.369 e. The van der Waals surface area contributed by atoms with E-state index in [-0.39, 0.29) is 6.10 Å². The van der Waals surface area contributed by atoms with E-state index in [0.717, 1.165) is 24.0 Å². The van der Waals surface area contributed by atoms with Crippen LogP contribution in [-0.4, -0.2) is 19.2 Å². The normalized spacial score (nSPS) is 14.6. The highest BCUT2D eigenvalue weighted by Gasteiger charge is 2.14. The fourth-order valence-corrected chi connectivity index (χ4v) is 1.84. The molecule has 0 aliphatic rings. The minimum absolute atomic E-state index is 0.137. The van der Waals surface area contributed by atoms with Gasteiger partial charge in [0.25, 0.3) is 0 Å². The standard InChI is InChI=1S/C14H22BrNO/c1-4-11(3)17-14(10-16-5-2)12-6-8-13(15)9-7-12/h6-9,11,14,16H,4-5,10H2,1-3H3. The van der Waals surface area contributed by atoms with Crippen LogP contribution in [-0.2, 0) is 4.74 Å². The summed E-state index contributed by atoms with van der Waals surface area (Å²) < 4.78 is 7.15. The van der Waals surface area contributed by atoms with Crippen molar-refractivity contribution in [2.75, 3.05) is 13.1 Å². The lowest BCUT2D eigenvalue weighted by Crippen LogP contribution is -2.25. The maximum Gasteiger partial charge on any atom is 0.0952 e. The first-order valence-corrected chi connectivity index (χ1v) is 7.08. The minimum atomic E-state index is 0.137. The molecule has 0 aromatic heterocycles. The fraction of sp³-hybridized carbons (Fsp3) is 0.571. The van der Waals surface area contributed by atoms with Crippen molar-refractivity contribution in [2.24, 2.45) is 0 Å². The van der Waals surface area contributed by atoms with Gasteiger partial charge in [-0.3, -0.25) is 0 Å². The van der Waals surface area contributed by atoms with Crippen LogP contribution in [0.1, 0.15) is 38.9 Å². The van der Waals surface area contributed by atoms with Crippen molar-refractivity contribution in [3.8, 4) is 0 Å². The first-order valence-electron chi connectivity index (χ1n) is 6.29. The Kier molecular flexibility index (Phi) is 6.78. The van der Waals surface area contributed by atoms with Crippen molar-refractivity contribution in [2.45, 2.75) is 39.4 Å². The van der Waals surface area contributed by atoms with E-state index < -0.39 is 0 Å². The van der Waals surface area contributed by atoms with Gasteiger partial charge in [-0.05, 0) is 37.6 Å². The summed E-state index contributed by atoms with van der Waals surface area (Å²) in [7, 11) is 0. The molecule has 0 saturated carbocycles. The molecule has 1 aromatic carbocycles. The predicted molar refractivity (Wildman–Crippen MR) is 76.3 cm³/mol. The highest BCUT2D eigenvalue weighted by Crippen LogP contribution is 2.21. The van der Waals surface area contributed by atoms with Gasteiger partial charge in [0.1, 0.15) is 0 Å². The van der Waals surface area contributed by atoms with E-state index in [1.807, 2.05) is 0 Å². The summed E-state index contributed by atoms with van der Waals surface area (Å²) in [6.07, 6.45) is 1.47. The molecule has 0 saturated heterocycles. The Bertz CT molecular complexity index is 313. The van der Waals surface area contributed by atoms with Gasteiger partial charge in [0.15, 0.2) is 0 Å². The Morgan fingerprint density at radius 2 is 1.88 bits per heavy atom. The lowest BCUT2D eigenvalue weighted by molar-refractivity contribution is -0.00425.